The van der Waals surface area contributed by atoms with Gasteiger partial charge in [0.1, 0.15) is 17.6 Å². The van der Waals surface area contributed by atoms with Crippen LogP contribution in [0.15, 0.2) is 35.7 Å². The maximum atomic E-state index is 10.5. The fourth-order valence-electron chi connectivity index (χ4n) is 3.28. The quantitative estimate of drug-likeness (QED) is 0.876. The van der Waals surface area contributed by atoms with Gasteiger partial charge in [-0.05, 0) is 36.9 Å². The van der Waals surface area contributed by atoms with Crippen molar-refractivity contribution in [3.8, 4) is 11.5 Å². The monoisotopic (exact) mass is 333 g/mol. The molecule has 0 amide bonds. The maximum absolute atomic E-state index is 10.5. The fourth-order valence-corrected chi connectivity index (χ4v) is 3.99. The van der Waals surface area contributed by atoms with Crippen molar-refractivity contribution in [2.45, 2.75) is 25.0 Å². The molecule has 5 heteroatoms. The minimum absolute atomic E-state index is 0.283. The molecule has 23 heavy (non-hydrogen) atoms. The van der Waals surface area contributed by atoms with Gasteiger partial charge in [0.25, 0.3) is 0 Å². The maximum Gasteiger partial charge on any atom is 0.127 e. The molecule has 2 atom stereocenters. The summed E-state index contributed by atoms with van der Waals surface area (Å²) in [7, 11) is 3.35. The number of benzene rings is 1. The van der Waals surface area contributed by atoms with Crippen molar-refractivity contribution < 1.29 is 14.6 Å². The second kappa shape index (κ2) is 7.34. The van der Waals surface area contributed by atoms with Crippen LogP contribution in [0.3, 0.4) is 0 Å². The second-order valence-corrected chi connectivity index (χ2v) is 6.77. The summed E-state index contributed by atoms with van der Waals surface area (Å²) in [5.74, 6) is 1.65. The molecule has 1 aliphatic rings. The molecule has 0 aliphatic carbocycles. The van der Waals surface area contributed by atoms with Gasteiger partial charge < -0.3 is 14.6 Å². The molecule has 1 N–H and O–H groups in total. The molecule has 1 aromatic heterocycles. The Bertz CT molecular complexity index is 629. The van der Waals surface area contributed by atoms with Crippen LogP contribution in [0.5, 0.6) is 11.5 Å². The van der Waals surface area contributed by atoms with Gasteiger partial charge in [-0.2, -0.15) is 0 Å². The van der Waals surface area contributed by atoms with Crippen LogP contribution in [0.1, 0.15) is 35.4 Å². The van der Waals surface area contributed by atoms with Gasteiger partial charge in [-0.3, -0.25) is 4.90 Å². The van der Waals surface area contributed by atoms with Gasteiger partial charge in [0.05, 0.1) is 14.2 Å². The summed E-state index contributed by atoms with van der Waals surface area (Å²) in [6.07, 6.45) is 1.79. The van der Waals surface area contributed by atoms with Crippen LogP contribution in [0.2, 0.25) is 0 Å². The van der Waals surface area contributed by atoms with Crippen LogP contribution < -0.4 is 9.47 Å². The SMILES string of the molecule is COc1ccc([C@H]2CCCN2C[C@H](O)c2cccs2)c(OC)c1. The molecule has 1 fully saturated rings. The molecule has 1 aliphatic heterocycles. The Morgan fingerprint density at radius 2 is 2.17 bits per heavy atom. The zero-order valence-corrected chi connectivity index (χ0v) is 14.4. The van der Waals surface area contributed by atoms with Crippen molar-refractivity contribution in [1.29, 1.82) is 0 Å². The van der Waals surface area contributed by atoms with E-state index in [9.17, 15) is 5.11 Å². The van der Waals surface area contributed by atoms with Crippen molar-refractivity contribution in [3.05, 3.63) is 46.2 Å². The third kappa shape index (κ3) is 3.52. The van der Waals surface area contributed by atoms with Crippen molar-refractivity contribution in [2.75, 3.05) is 27.3 Å². The van der Waals surface area contributed by atoms with E-state index in [-0.39, 0.29) is 6.04 Å². The molecule has 1 saturated heterocycles. The van der Waals surface area contributed by atoms with Crippen LogP contribution in [-0.4, -0.2) is 37.3 Å². The predicted octanol–water partition coefficient (Wildman–Crippen LogP) is 3.64. The lowest BCUT2D eigenvalue weighted by Crippen LogP contribution is -2.28. The van der Waals surface area contributed by atoms with E-state index >= 15 is 0 Å². The van der Waals surface area contributed by atoms with Crippen molar-refractivity contribution in [2.24, 2.45) is 0 Å². The Labute approximate surface area is 141 Å². The Morgan fingerprint density at radius 3 is 2.87 bits per heavy atom. The van der Waals surface area contributed by atoms with E-state index in [1.54, 1.807) is 25.6 Å². The Balaban J connectivity index is 1.78. The number of aliphatic hydroxyl groups is 1. The lowest BCUT2D eigenvalue weighted by atomic mass is 10.0. The first-order valence-electron chi connectivity index (χ1n) is 7.90. The summed E-state index contributed by atoms with van der Waals surface area (Å²) >= 11 is 1.61. The number of β-amino-alcohol motifs (C(OH)–C–C–N with tert-alkyl or cyclic N) is 1. The van der Waals surface area contributed by atoms with Crippen molar-refractivity contribution in [1.82, 2.24) is 4.90 Å². The topological polar surface area (TPSA) is 41.9 Å². The molecule has 1 aromatic carbocycles. The molecule has 2 heterocycles. The number of likely N-dealkylation sites (tertiary alicyclic amines) is 1. The molecule has 2 aromatic rings. The average molecular weight is 333 g/mol. The first-order valence-corrected chi connectivity index (χ1v) is 8.78. The Kier molecular flexibility index (Phi) is 5.20. The number of ether oxygens (including phenoxy) is 2. The Morgan fingerprint density at radius 1 is 1.30 bits per heavy atom. The van der Waals surface area contributed by atoms with E-state index in [1.165, 1.54) is 5.56 Å². The number of thiophene rings is 1. The number of methoxy groups -OCH3 is 2. The molecule has 4 nitrogen and oxygen atoms in total. The average Bonchev–Trinajstić information content (AvgIpc) is 3.26. The molecule has 0 unspecified atom stereocenters. The third-order valence-electron chi connectivity index (χ3n) is 4.44. The molecular formula is C18H23NO3S. The number of aliphatic hydroxyl groups excluding tert-OH is 1. The highest BCUT2D eigenvalue weighted by Gasteiger charge is 2.30. The van der Waals surface area contributed by atoms with E-state index in [2.05, 4.69) is 11.0 Å². The minimum atomic E-state index is -0.431. The largest absolute Gasteiger partial charge is 0.497 e. The van der Waals surface area contributed by atoms with Gasteiger partial charge in [0.15, 0.2) is 0 Å². The molecule has 3 rings (SSSR count). The van der Waals surface area contributed by atoms with Gasteiger partial charge in [0.2, 0.25) is 0 Å². The molecule has 0 saturated carbocycles. The molecule has 124 valence electrons. The lowest BCUT2D eigenvalue weighted by molar-refractivity contribution is 0.108. The molecule has 0 radical (unpaired) electrons. The first kappa shape index (κ1) is 16.3. The highest BCUT2D eigenvalue weighted by Crippen LogP contribution is 2.39. The molecule has 0 bridgehead atoms. The zero-order valence-electron chi connectivity index (χ0n) is 13.6. The van der Waals surface area contributed by atoms with Crippen LogP contribution in [0.25, 0.3) is 0 Å². The van der Waals surface area contributed by atoms with Gasteiger partial charge in [-0.15, -0.1) is 11.3 Å². The zero-order chi connectivity index (χ0) is 16.2. The van der Waals surface area contributed by atoms with E-state index in [0.717, 1.165) is 35.8 Å². The third-order valence-corrected chi connectivity index (χ3v) is 5.42. The van der Waals surface area contributed by atoms with Crippen molar-refractivity contribution in [3.63, 3.8) is 0 Å². The Hall–Kier alpha value is -1.56. The minimum Gasteiger partial charge on any atom is -0.497 e. The van der Waals surface area contributed by atoms with Gasteiger partial charge in [0, 0.05) is 29.1 Å². The number of rotatable bonds is 6. The highest BCUT2D eigenvalue weighted by molar-refractivity contribution is 7.10. The van der Waals surface area contributed by atoms with Crippen LogP contribution in [-0.2, 0) is 0 Å². The van der Waals surface area contributed by atoms with Gasteiger partial charge in [-0.1, -0.05) is 12.1 Å². The smallest absolute Gasteiger partial charge is 0.127 e. The standard InChI is InChI=1S/C18H23NO3S/c1-21-13-7-8-14(17(11-13)22-2)15-5-3-9-19(15)12-16(20)18-6-4-10-23-18/h4,6-8,10-11,15-16,20H,3,5,9,12H2,1-2H3/t15-,16+/m1/s1. The molecular weight excluding hydrogens is 310 g/mol. The predicted molar refractivity (Wildman–Crippen MR) is 92.4 cm³/mol. The van der Waals surface area contributed by atoms with Crippen molar-refractivity contribution >= 4 is 11.3 Å². The normalized spacial score (nSPS) is 19.7. The summed E-state index contributed by atoms with van der Waals surface area (Å²) in [5, 5.41) is 12.5. The first-order chi connectivity index (χ1) is 11.2. The highest BCUT2D eigenvalue weighted by atomic mass is 32.1. The lowest BCUT2D eigenvalue weighted by Gasteiger charge is -2.28. The number of hydrogen-bond acceptors (Lipinski definition) is 5. The second-order valence-electron chi connectivity index (χ2n) is 5.79. The van der Waals surface area contributed by atoms with Gasteiger partial charge in [-0.25, -0.2) is 0 Å². The van der Waals surface area contributed by atoms with Crippen LogP contribution in [0.4, 0.5) is 0 Å². The van der Waals surface area contributed by atoms with E-state index in [4.69, 9.17) is 9.47 Å². The number of hydrogen-bond donors (Lipinski definition) is 1. The summed E-state index contributed by atoms with van der Waals surface area (Å²) < 4.78 is 10.8. The molecule has 0 spiro atoms. The summed E-state index contributed by atoms with van der Waals surface area (Å²) in [6, 6.07) is 10.3. The summed E-state index contributed by atoms with van der Waals surface area (Å²) in [5.41, 5.74) is 1.17. The van der Waals surface area contributed by atoms with Crippen LogP contribution in [0, 0.1) is 0 Å². The van der Waals surface area contributed by atoms with E-state index in [0.29, 0.717) is 6.54 Å². The summed E-state index contributed by atoms with van der Waals surface area (Å²) in [4.78, 5) is 3.38. The van der Waals surface area contributed by atoms with E-state index in [1.807, 2.05) is 29.6 Å². The van der Waals surface area contributed by atoms with E-state index < -0.39 is 6.10 Å². The fraction of sp³-hybridized carbons (Fsp3) is 0.444. The van der Waals surface area contributed by atoms with Gasteiger partial charge >= 0.3 is 0 Å². The van der Waals surface area contributed by atoms with Crippen LogP contribution >= 0.6 is 11.3 Å². The summed E-state index contributed by atoms with van der Waals surface area (Å²) in [6.45, 7) is 1.66. The number of nitrogens with zero attached hydrogens (tertiary/aromatic N) is 1.